The van der Waals surface area contributed by atoms with Crippen LogP contribution in [0.15, 0.2) is 46.8 Å². The minimum atomic E-state index is -2.15. The number of nitro groups is 2. The first-order valence-electron chi connectivity index (χ1n) is 8.59. The first-order valence-corrected chi connectivity index (χ1v) is 8.59. The Bertz CT molecular complexity index is 967. The van der Waals surface area contributed by atoms with E-state index in [4.69, 9.17) is 9.47 Å². The Balaban J connectivity index is 2.63. The van der Waals surface area contributed by atoms with Gasteiger partial charge in [0, 0.05) is 23.0 Å². The van der Waals surface area contributed by atoms with Crippen molar-refractivity contribution in [2.45, 2.75) is 26.0 Å². The molecule has 1 aliphatic rings. The second-order valence-corrected chi connectivity index (χ2v) is 6.31. The number of dihydropyridines is 1. The molecule has 160 valence electrons. The van der Waals surface area contributed by atoms with Crippen LogP contribution in [0.5, 0.6) is 0 Å². The van der Waals surface area contributed by atoms with E-state index in [9.17, 15) is 34.9 Å². The molecule has 0 fully saturated rings. The summed E-state index contributed by atoms with van der Waals surface area (Å²) >= 11 is 0. The third-order valence-electron chi connectivity index (χ3n) is 4.44. The zero-order valence-corrected chi connectivity index (χ0v) is 16.3. The number of hydrogen-bond donors (Lipinski definition) is 2. The normalized spacial score (nSPS) is 17.1. The number of methoxy groups -OCH3 is 1. The van der Waals surface area contributed by atoms with Gasteiger partial charge in [0.15, 0.2) is 6.61 Å². The lowest BCUT2D eigenvalue weighted by atomic mass is 9.79. The molecule has 0 spiro atoms. The Morgan fingerprint density at radius 3 is 2.23 bits per heavy atom. The Hall–Kier alpha value is -3.80. The van der Waals surface area contributed by atoms with Gasteiger partial charge in [-0.15, -0.1) is 0 Å². The molecule has 0 aromatic heterocycles. The van der Waals surface area contributed by atoms with Crippen LogP contribution in [0.4, 0.5) is 5.69 Å². The van der Waals surface area contributed by atoms with Crippen molar-refractivity contribution in [3.05, 3.63) is 72.6 Å². The number of carbonyl (C=O) groups is 2. The maximum absolute atomic E-state index is 12.8. The number of ether oxygens (including phenoxy) is 2. The highest BCUT2D eigenvalue weighted by atomic mass is 16.7. The third-order valence-corrected chi connectivity index (χ3v) is 4.44. The lowest BCUT2D eigenvalue weighted by molar-refractivity contribution is -0.572. The van der Waals surface area contributed by atoms with Gasteiger partial charge in [-0.2, -0.15) is 0 Å². The summed E-state index contributed by atoms with van der Waals surface area (Å²) in [6, 6.07) is 5.54. The lowest BCUT2D eigenvalue weighted by Crippen LogP contribution is -2.34. The Labute approximate surface area is 170 Å². The van der Waals surface area contributed by atoms with Gasteiger partial charge in [-0.3, -0.25) is 20.2 Å². The number of rotatable bonds is 7. The second kappa shape index (κ2) is 9.13. The number of hydrogen-bond acceptors (Lipinski definition) is 10. The highest BCUT2D eigenvalue weighted by Gasteiger charge is 2.41. The number of esters is 2. The molecule has 1 aromatic rings. The topological polar surface area (TPSA) is 171 Å². The van der Waals surface area contributed by atoms with Crippen LogP contribution in [0.2, 0.25) is 0 Å². The number of nitrogens with one attached hydrogen (secondary N) is 1. The molecule has 1 aliphatic heterocycles. The minimum absolute atomic E-state index is 0.0323. The zero-order chi connectivity index (χ0) is 22.6. The van der Waals surface area contributed by atoms with Crippen molar-refractivity contribution in [1.29, 1.82) is 0 Å². The van der Waals surface area contributed by atoms with Gasteiger partial charge >= 0.3 is 18.2 Å². The van der Waals surface area contributed by atoms with E-state index in [0.29, 0.717) is 5.70 Å². The quantitative estimate of drug-likeness (QED) is 0.281. The number of para-hydroxylation sites is 1. The van der Waals surface area contributed by atoms with Gasteiger partial charge < -0.3 is 19.9 Å². The summed E-state index contributed by atoms with van der Waals surface area (Å²) in [5.41, 5.74) is -0.00907. The van der Waals surface area contributed by atoms with Gasteiger partial charge in [0.25, 0.3) is 5.69 Å². The first-order chi connectivity index (χ1) is 14.1. The number of allylic oxidation sites excluding steroid dienone is 2. The largest absolute Gasteiger partial charge is 0.466 e. The number of aliphatic hydroxyl groups is 1. The fraction of sp³-hybridized carbons (Fsp3) is 0.333. The van der Waals surface area contributed by atoms with E-state index < -0.39 is 40.5 Å². The van der Waals surface area contributed by atoms with E-state index in [0.717, 1.165) is 7.11 Å². The number of benzene rings is 1. The van der Waals surface area contributed by atoms with E-state index in [-0.39, 0.29) is 28.1 Å². The third kappa shape index (κ3) is 4.43. The van der Waals surface area contributed by atoms with E-state index in [1.165, 1.54) is 38.1 Å². The van der Waals surface area contributed by atoms with Crippen molar-refractivity contribution < 1.29 is 34.0 Å². The maximum atomic E-state index is 12.8. The summed E-state index contributed by atoms with van der Waals surface area (Å²) in [6.07, 6.45) is -2.15. The first kappa shape index (κ1) is 22.5. The van der Waals surface area contributed by atoms with Crippen LogP contribution in [0.1, 0.15) is 25.3 Å². The summed E-state index contributed by atoms with van der Waals surface area (Å²) in [6.45, 7) is 2.08. The van der Waals surface area contributed by atoms with Crippen molar-refractivity contribution in [3.8, 4) is 0 Å². The van der Waals surface area contributed by atoms with Crippen molar-refractivity contribution in [1.82, 2.24) is 5.32 Å². The molecule has 12 heteroatoms. The summed E-state index contributed by atoms with van der Waals surface area (Å²) in [7, 11) is 1.12. The number of nitrogens with zero attached hydrogens (tertiary/aromatic N) is 2. The summed E-state index contributed by atoms with van der Waals surface area (Å²) in [4.78, 5) is 45.7. The molecule has 1 aromatic carbocycles. The van der Waals surface area contributed by atoms with Crippen molar-refractivity contribution >= 4 is 17.6 Å². The van der Waals surface area contributed by atoms with E-state index >= 15 is 0 Å². The molecule has 2 rings (SSSR count). The molecule has 12 nitrogen and oxygen atoms in total. The Kier molecular flexibility index (Phi) is 6.85. The van der Waals surface area contributed by atoms with Crippen LogP contribution in [0.25, 0.3) is 0 Å². The fourth-order valence-corrected chi connectivity index (χ4v) is 3.14. The van der Waals surface area contributed by atoms with Gasteiger partial charge in [-0.25, -0.2) is 9.59 Å². The van der Waals surface area contributed by atoms with E-state index in [1.807, 2.05) is 0 Å². The number of aliphatic hydroxyl groups excluding tert-OH is 1. The molecule has 0 saturated heterocycles. The van der Waals surface area contributed by atoms with Gasteiger partial charge in [-0.1, -0.05) is 18.2 Å². The summed E-state index contributed by atoms with van der Waals surface area (Å²) in [5.74, 6) is -3.15. The number of nitro benzene ring substituents is 1. The predicted octanol–water partition coefficient (Wildman–Crippen LogP) is 1.14. The Morgan fingerprint density at radius 2 is 1.70 bits per heavy atom. The molecule has 2 N–H and O–H groups in total. The van der Waals surface area contributed by atoms with Crippen LogP contribution < -0.4 is 5.32 Å². The molecule has 30 heavy (non-hydrogen) atoms. The molecule has 0 aliphatic carbocycles. The monoisotopic (exact) mass is 421 g/mol. The molecule has 0 saturated carbocycles. The highest BCUT2D eigenvalue weighted by Crippen LogP contribution is 2.42. The maximum Gasteiger partial charge on any atom is 0.347 e. The molecule has 0 amide bonds. The van der Waals surface area contributed by atoms with Crippen LogP contribution in [0.3, 0.4) is 0 Å². The van der Waals surface area contributed by atoms with Gasteiger partial charge in [0.05, 0.1) is 34.0 Å². The minimum Gasteiger partial charge on any atom is -0.466 e. The average molecular weight is 421 g/mol. The average Bonchev–Trinajstić information content (AvgIpc) is 2.70. The Morgan fingerprint density at radius 1 is 1.13 bits per heavy atom. The molecular weight excluding hydrogens is 402 g/mol. The highest BCUT2D eigenvalue weighted by molar-refractivity contribution is 6.00. The molecule has 0 radical (unpaired) electrons. The summed E-state index contributed by atoms with van der Waals surface area (Å²) in [5, 5.41) is 34.2. The molecule has 0 bridgehead atoms. The lowest BCUT2D eigenvalue weighted by Gasteiger charge is -2.30. The molecule has 2 unspecified atom stereocenters. The fourth-order valence-electron chi connectivity index (χ4n) is 3.14. The summed E-state index contributed by atoms with van der Waals surface area (Å²) < 4.78 is 9.65. The van der Waals surface area contributed by atoms with E-state index in [2.05, 4.69) is 5.32 Å². The van der Waals surface area contributed by atoms with Crippen molar-refractivity contribution in [2.24, 2.45) is 0 Å². The molecular formula is C18H19N3O9. The SMILES string of the molecule is COC(=O)C1=C(C)NC(C)=C(C(=O)OCC(O)[N+](=O)[O-])C1c1ccccc1[N+](=O)[O-]. The molecule has 2 atom stereocenters. The second-order valence-electron chi connectivity index (χ2n) is 6.31. The van der Waals surface area contributed by atoms with Crippen LogP contribution in [-0.2, 0) is 19.1 Å². The van der Waals surface area contributed by atoms with Gasteiger partial charge in [-0.05, 0) is 13.8 Å². The smallest absolute Gasteiger partial charge is 0.347 e. The standard InChI is InChI=1S/C18H19N3O9/c1-9-14(17(23)29-3)16(11-6-4-5-7-12(11)20(25)26)15(10(2)19-9)18(24)30-8-13(22)21(27)28/h4-7,13,16,19,22H,8H2,1-3H3. The van der Waals surface area contributed by atoms with Crippen molar-refractivity contribution in [3.63, 3.8) is 0 Å². The van der Waals surface area contributed by atoms with Gasteiger partial charge in [0.1, 0.15) is 0 Å². The zero-order valence-electron chi connectivity index (χ0n) is 16.3. The van der Waals surface area contributed by atoms with Gasteiger partial charge in [0.2, 0.25) is 0 Å². The van der Waals surface area contributed by atoms with Crippen LogP contribution in [0, 0.1) is 20.2 Å². The van der Waals surface area contributed by atoms with Crippen molar-refractivity contribution in [2.75, 3.05) is 13.7 Å². The van der Waals surface area contributed by atoms with Crippen LogP contribution in [-0.4, -0.2) is 46.8 Å². The number of carbonyl (C=O) groups excluding carboxylic acids is 2. The molecule has 1 heterocycles. The van der Waals surface area contributed by atoms with Crippen LogP contribution >= 0.6 is 0 Å². The van der Waals surface area contributed by atoms with E-state index in [1.54, 1.807) is 0 Å². The predicted molar refractivity (Wildman–Crippen MR) is 100 cm³/mol.